The summed E-state index contributed by atoms with van der Waals surface area (Å²) in [6, 6.07) is 0.697. The molecular weight excluding hydrogens is 186 g/mol. The number of nitrogens with zero attached hydrogens (tertiary/aromatic N) is 1. The van der Waals surface area contributed by atoms with Crippen LogP contribution in [0.5, 0.6) is 0 Å². The highest BCUT2D eigenvalue weighted by molar-refractivity contribution is 4.85. The summed E-state index contributed by atoms with van der Waals surface area (Å²) in [7, 11) is 0. The number of aliphatic hydroxyl groups excluding tert-OH is 1. The second-order valence-electron chi connectivity index (χ2n) is 5.39. The lowest BCUT2D eigenvalue weighted by molar-refractivity contribution is 0.114. The van der Waals surface area contributed by atoms with Gasteiger partial charge in [-0.05, 0) is 51.1 Å². The second kappa shape index (κ2) is 5.31. The normalized spacial score (nSPS) is 34.8. The molecule has 0 spiro atoms. The number of likely N-dealkylation sites (tertiary alicyclic amines) is 1. The van der Waals surface area contributed by atoms with E-state index in [1.807, 2.05) is 0 Å². The molecule has 2 fully saturated rings. The van der Waals surface area contributed by atoms with E-state index in [1.54, 1.807) is 0 Å². The maximum Gasteiger partial charge on any atom is 0.0555 e. The Hall–Kier alpha value is -0.0800. The van der Waals surface area contributed by atoms with Crippen LogP contribution in [0.4, 0.5) is 0 Å². The third-order valence-electron chi connectivity index (χ3n) is 4.24. The summed E-state index contributed by atoms with van der Waals surface area (Å²) in [4.78, 5) is 2.63. The molecule has 88 valence electrons. The highest BCUT2D eigenvalue weighted by atomic mass is 16.3. The van der Waals surface area contributed by atoms with E-state index in [2.05, 4.69) is 11.8 Å². The van der Waals surface area contributed by atoms with Crippen LogP contribution < -0.4 is 0 Å². The summed E-state index contributed by atoms with van der Waals surface area (Å²) < 4.78 is 0. The zero-order chi connectivity index (χ0) is 10.7. The van der Waals surface area contributed by atoms with E-state index in [1.165, 1.54) is 45.2 Å². The van der Waals surface area contributed by atoms with Crippen LogP contribution in [0.3, 0.4) is 0 Å². The topological polar surface area (TPSA) is 23.5 Å². The Labute approximate surface area is 93.7 Å². The Balaban J connectivity index is 1.73. The fraction of sp³-hybridized carbons (Fsp3) is 1.00. The number of rotatable bonds is 3. The molecule has 1 N–H and O–H groups in total. The first-order valence-corrected chi connectivity index (χ1v) is 6.71. The van der Waals surface area contributed by atoms with Gasteiger partial charge in [0.15, 0.2) is 0 Å². The summed E-state index contributed by atoms with van der Waals surface area (Å²) in [6.45, 7) is 4.85. The fourth-order valence-corrected chi connectivity index (χ4v) is 3.28. The average Bonchev–Trinajstić information content (AvgIpc) is 2.67. The Morgan fingerprint density at radius 2 is 1.87 bits per heavy atom. The van der Waals surface area contributed by atoms with Crippen molar-refractivity contribution in [1.29, 1.82) is 0 Å². The van der Waals surface area contributed by atoms with Crippen molar-refractivity contribution in [2.45, 2.75) is 64.0 Å². The van der Waals surface area contributed by atoms with E-state index in [4.69, 9.17) is 0 Å². The Morgan fingerprint density at radius 1 is 1.13 bits per heavy atom. The van der Waals surface area contributed by atoms with Gasteiger partial charge in [-0.15, -0.1) is 0 Å². The molecule has 0 aromatic heterocycles. The largest absolute Gasteiger partial charge is 0.393 e. The first-order valence-electron chi connectivity index (χ1n) is 6.71. The van der Waals surface area contributed by atoms with Gasteiger partial charge in [-0.2, -0.15) is 0 Å². The maximum atomic E-state index is 9.54. The van der Waals surface area contributed by atoms with E-state index in [-0.39, 0.29) is 6.10 Å². The van der Waals surface area contributed by atoms with Crippen LogP contribution in [0.1, 0.15) is 51.9 Å². The van der Waals surface area contributed by atoms with E-state index >= 15 is 0 Å². The third-order valence-corrected chi connectivity index (χ3v) is 4.24. The lowest BCUT2D eigenvalue weighted by Gasteiger charge is -2.36. The quantitative estimate of drug-likeness (QED) is 0.775. The standard InChI is InChI=1S/C13H25NO/c1-2-3-11-6-8-14(9-7-11)12-4-5-13(15)10-12/h11-13,15H,2-10H2,1H3. The van der Waals surface area contributed by atoms with Crippen molar-refractivity contribution in [3.05, 3.63) is 0 Å². The maximum absolute atomic E-state index is 9.54. The predicted octanol–water partition coefficient (Wildman–Crippen LogP) is 2.41. The van der Waals surface area contributed by atoms with Crippen LogP contribution in [-0.4, -0.2) is 35.2 Å². The number of hydrogen-bond donors (Lipinski definition) is 1. The molecule has 1 aliphatic heterocycles. The van der Waals surface area contributed by atoms with Gasteiger partial charge in [-0.25, -0.2) is 0 Å². The first-order chi connectivity index (χ1) is 7.29. The van der Waals surface area contributed by atoms with Crippen LogP contribution >= 0.6 is 0 Å². The van der Waals surface area contributed by atoms with Gasteiger partial charge in [-0.1, -0.05) is 19.8 Å². The van der Waals surface area contributed by atoms with E-state index < -0.39 is 0 Å². The molecule has 2 nitrogen and oxygen atoms in total. The second-order valence-corrected chi connectivity index (χ2v) is 5.39. The van der Waals surface area contributed by atoms with Gasteiger partial charge in [0.05, 0.1) is 6.10 Å². The smallest absolute Gasteiger partial charge is 0.0555 e. The molecule has 15 heavy (non-hydrogen) atoms. The molecule has 0 bridgehead atoms. The van der Waals surface area contributed by atoms with Gasteiger partial charge in [0.2, 0.25) is 0 Å². The average molecular weight is 211 g/mol. The van der Waals surface area contributed by atoms with Crippen molar-refractivity contribution < 1.29 is 5.11 Å². The van der Waals surface area contributed by atoms with Gasteiger partial charge >= 0.3 is 0 Å². The van der Waals surface area contributed by atoms with Gasteiger partial charge in [0.25, 0.3) is 0 Å². The molecular formula is C13H25NO. The van der Waals surface area contributed by atoms with Crippen LogP contribution in [0.25, 0.3) is 0 Å². The highest BCUT2D eigenvalue weighted by Crippen LogP contribution is 2.29. The molecule has 2 unspecified atom stereocenters. The minimum atomic E-state index is -0.0108. The number of aliphatic hydroxyl groups is 1. The van der Waals surface area contributed by atoms with Gasteiger partial charge in [-0.3, -0.25) is 0 Å². The van der Waals surface area contributed by atoms with Crippen LogP contribution in [0, 0.1) is 5.92 Å². The Bertz CT molecular complexity index is 187. The van der Waals surface area contributed by atoms with Gasteiger partial charge in [0, 0.05) is 6.04 Å². The zero-order valence-corrected chi connectivity index (χ0v) is 9.99. The van der Waals surface area contributed by atoms with Crippen molar-refractivity contribution >= 4 is 0 Å². The summed E-state index contributed by atoms with van der Waals surface area (Å²) in [5.74, 6) is 0.984. The molecule has 2 atom stereocenters. The monoisotopic (exact) mass is 211 g/mol. The lowest BCUT2D eigenvalue weighted by Crippen LogP contribution is -2.40. The molecule has 2 aliphatic rings. The van der Waals surface area contributed by atoms with Crippen molar-refractivity contribution in [2.75, 3.05) is 13.1 Å². The van der Waals surface area contributed by atoms with E-state index in [0.717, 1.165) is 18.8 Å². The van der Waals surface area contributed by atoms with E-state index in [9.17, 15) is 5.11 Å². The SMILES string of the molecule is CCCC1CCN(C2CCC(O)C2)CC1. The third kappa shape index (κ3) is 2.94. The van der Waals surface area contributed by atoms with Crippen molar-refractivity contribution in [3.63, 3.8) is 0 Å². The van der Waals surface area contributed by atoms with Crippen LogP contribution in [0.15, 0.2) is 0 Å². The molecule has 0 radical (unpaired) electrons. The summed E-state index contributed by atoms with van der Waals surface area (Å²) in [6.07, 6.45) is 8.80. The van der Waals surface area contributed by atoms with Gasteiger partial charge in [0.1, 0.15) is 0 Å². The first kappa shape index (κ1) is 11.4. The predicted molar refractivity (Wildman–Crippen MR) is 62.9 cm³/mol. The van der Waals surface area contributed by atoms with Crippen molar-refractivity contribution in [3.8, 4) is 0 Å². The lowest BCUT2D eigenvalue weighted by atomic mass is 9.91. The van der Waals surface area contributed by atoms with Crippen molar-refractivity contribution in [1.82, 2.24) is 4.90 Å². The van der Waals surface area contributed by atoms with Crippen LogP contribution in [0.2, 0.25) is 0 Å². The molecule has 1 saturated carbocycles. The fourth-order valence-electron chi connectivity index (χ4n) is 3.28. The molecule has 2 rings (SSSR count). The molecule has 0 amide bonds. The zero-order valence-electron chi connectivity index (χ0n) is 9.99. The molecule has 1 saturated heterocycles. The Kier molecular flexibility index (Phi) is 4.04. The molecule has 0 aromatic carbocycles. The molecule has 1 heterocycles. The molecule has 2 heteroatoms. The molecule has 0 aromatic rings. The highest BCUT2D eigenvalue weighted by Gasteiger charge is 2.30. The van der Waals surface area contributed by atoms with Crippen LogP contribution in [-0.2, 0) is 0 Å². The Morgan fingerprint density at radius 3 is 2.40 bits per heavy atom. The number of hydrogen-bond acceptors (Lipinski definition) is 2. The summed E-state index contributed by atoms with van der Waals surface area (Å²) in [5.41, 5.74) is 0. The van der Waals surface area contributed by atoms with Gasteiger partial charge < -0.3 is 10.0 Å². The molecule has 1 aliphatic carbocycles. The van der Waals surface area contributed by atoms with Crippen molar-refractivity contribution in [2.24, 2.45) is 5.92 Å². The van der Waals surface area contributed by atoms with E-state index in [0.29, 0.717) is 6.04 Å². The number of piperidine rings is 1. The summed E-state index contributed by atoms with van der Waals surface area (Å²) >= 11 is 0. The minimum absolute atomic E-state index is 0.0108. The minimum Gasteiger partial charge on any atom is -0.393 e. The summed E-state index contributed by atoms with van der Waals surface area (Å²) in [5, 5.41) is 9.54.